The van der Waals surface area contributed by atoms with E-state index in [1.807, 2.05) is 75.4 Å². The zero-order valence-electron chi connectivity index (χ0n) is 10.7. The van der Waals surface area contributed by atoms with Crippen LogP contribution in [0.3, 0.4) is 0 Å². The highest BCUT2D eigenvalue weighted by Crippen LogP contribution is 2.23. The summed E-state index contributed by atoms with van der Waals surface area (Å²) in [5.74, 6) is 1.79. The van der Waals surface area contributed by atoms with E-state index in [0.29, 0.717) is 0 Å². The van der Waals surface area contributed by atoms with Gasteiger partial charge >= 0.3 is 0 Å². The van der Waals surface area contributed by atoms with E-state index in [9.17, 15) is 0 Å². The Labute approximate surface area is 106 Å². The lowest BCUT2D eigenvalue weighted by molar-refractivity contribution is 0.479. The van der Waals surface area contributed by atoms with Gasteiger partial charge in [-0.15, -0.1) is 0 Å². The van der Waals surface area contributed by atoms with Gasteiger partial charge in [-0.3, -0.25) is 0 Å². The van der Waals surface area contributed by atoms with Crippen molar-refractivity contribution in [3.63, 3.8) is 0 Å². The van der Waals surface area contributed by atoms with Gasteiger partial charge in [0.2, 0.25) is 0 Å². The maximum Gasteiger partial charge on any atom is 0.130 e. The highest BCUT2D eigenvalue weighted by molar-refractivity contribution is 5.75. The third kappa shape index (κ3) is 4.77. The van der Waals surface area contributed by atoms with Crippen molar-refractivity contribution in [2.45, 2.75) is 20.8 Å². The largest absolute Gasteiger partial charge is 0.457 e. The molecule has 0 N–H and O–H groups in total. The maximum atomic E-state index is 5.71. The minimum absolute atomic E-state index is 0. The van der Waals surface area contributed by atoms with E-state index in [1.54, 1.807) is 0 Å². The van der Waals surface area contributed by atoms with E-state index < -0.39 is 0 Å². The summed E-state index contributed by atoms with van der Waals surface area (Å²) in [5.41, 5.74) is 1.15. The Morgan fingerprint density at radius 1 is 0.765 bits per heavy atom. The van der Waals surface area contributed by atoms with Gasteiger partial charge in [0, 0.05) is 8.41 Å². The second-order valence-corrected chi connectivity index (χ2v) is 3.18. The van der Waals surface area contributed by atoms with Crippen molar-refractivity contribution in [1.29, 1.82) is 0 Å². The number of rotatable bonds is 2. The van der Waals surface area contributed by atoms with Crippen LogP contribution < -0.4 is 4.74 Å². The molecule has 0 heterocycles. The molecule has 0 atom stereocenters. The van der Waals surface area contributed by atoms with Crippen LogP contribution in [0.15, 0.2) is 54.6 Å². The van der Waals surface area contributed by atoms with E-state index in [4.69, 9.17) is 4.74 Å². The molecule has 0 fully saturated rings. The molecule has 0 unspecified atom stereocenters. The second-order valence-electron chi connectivity index (χ2n) is 3.18. The molecular weight excluding hydrogens is 207 g/mol. The first kappa shape index (κ1) is 15.3. The Morgan fingerprint density at radius 3 is 1.88 bits per heavy atom. The van der Waals surface area contributed by atoms with Gasteiger partial charge in [0.1, 0.15) is 11.5 Å². The smallest absolute Gasteiger partial charge is 0.130 e. The molecule has 0 saturated carbocycles. The van der Waals surface area contributed by atoms with Crippen molar-refractivity contribution in [3.8, 4) is 11.5 Å². The van der Waals surface area contributed by atoms with Crippen LogP contribution in [0.25, 0.3) is 0 Å². The van der Waals surface area contributed by atoms with Gasteiger partial charge in [-0.1, -0.05) is 50.2 Å². The quantitative estimate of drug-likeness (QED) is 0.687. The maximum absolute atomic E-state index is 5.71. The lowest BCUT2D eigenvalue weighted by Gasteiger charge is -2.07. The fraction of sp³-hybridized carbons (Fsp3) is 0.200. The van der Waals surface area contributed by atoms with Crippen molar-refractivity contribution in [1.82, 2.24) is 0 Å². The molecule has 2 aromatic rings. The lowest BCUT2D eigenvalue weighted by Crippen LogP contribution is -1.85. The summed E-state index contributed by atoms with van der Waals surface area (Å²) in [7, 11) is 0. The molecular formula is C15H18BO. The average molecular weight is 225 g/mol. The third-order valence-corrected chi connectivity index (χ3v) is 2.06. The van der Waals surface area contributed by atoms with Gasteiger partial charge in [0.25, 0.3) is 0 Å². The number of ether oxygens (including phenoxy) is 1. The van der Waals surface area contributed by atoms with Gasteiger partial charge in [0.05, 0.1) is 0 Å². The zero-order chi connectivity index (χ0) is 11.8. The molecule has 3 radical (unpaired) electrons. The molecule has 87 valence electrons. The average Bonchev–Trinajstić information content (AvgIpc) is 2.36. The Morgan fingerprint density at radius 2 is 1.29 bits per heavy atom. The highest BCUT2D eigenvalue weighted by atomic mass is 16.5. The van der Waals surface area contributed by atoms with Gasteiger partial charge in [-0.2, -0.15) is 0 Å². The molecule has 2 heteroatoms. The summed E-state index contributed by atoms with van der Waals surface area (Å²) in [6.45, 7) is 6.04. The lowest BCUT2D eigenvalue weighted by atomic mass is 10.2. The fourth-order valence-corrected chi connectivity index (χ4v) is 1.29. The van der Waals surface area contributed by atoms with Gasteiger partial charge in [-0.25, -0.2) is 0 Å². The van der Waals surface area contributed by atoms with Crippen molar-refractivity contribution in [2.75, 3.05) is 0 Å². The van der Waals surface area contributed by atoms with Gasteiger partial charge in [0.15, 0.2) is 0 Å². The van der Waals surface area contributed by atoms with Crippen molar-refractivity contribution in [3.05, 3.63) is 60.2 Å². The first-order chi connectivity index (χ1) is 7.86. The van der Waals surface area contributed by atoms with Crippen LogP contribution in [-0.4, -0.2) is 8.41 Å². The summed E-state index contributed by atoms with van der Waals surface area (Å²) in [6.07, 6.45) is 0. The molecule has 0 aliphatic carbocycles. The Kier molecular flexibility index (Phi) is 7.61. The van der Waals surface area contributed by atoms with Crippen LogP contribution in [0.1, 0.15) is 19.4 Å². The molecule has 0 aliphatic heterocycles. The summed E-state index contributed by atoms with van der Waals surface area (Å²) >= 11 is 0. The molecule has 0 saturated heterocycles. The topological polar surface area (TPSA) is 9.23 Å². The number of benzene rings is 2. The minimum atomic E-state index is 0. The van der Waals surface area contributed by atoms with Crippen molar-refractivity contribution in [2.24, 2.45) is 0 Å². The molecule has 0 amide bonds. The second kappa shape index (κ2) is 8.46. The van der Waals surface area contributed by atoms with Crippen molar-refractivity contribution >= 4 is 8.41 Å². The van der Waals surface area contributed by atoms with Crippen LogP contribution in [-0.2, 0) is 0 Å². The normalized spacial score (nSPS) is 8.41. The number of para-hydroxylation sites is 2. The molecule has 2 rings (SSSR count). The van der Waals surface area contributed by atoms with Crippen molar-refractivity contribution < 1.29 is 4.74 Å². The molecule has 1 nitrogen and oxygen atoms in total. The van der Waals surface area contributed by atoms with Gasteiger partial charge < -0.3 is 4.74 Å². The summed E-state index contributed by atoms with van der Waals surface area (Å²) in [4.78, 5) is 0. The molecule has 0 bridgehead atoms. The minimum Gasteiger partial charge on any atom is -0.457 e. The van der Waals surface area contributed by atoms with E-state index in [1.165, 1.54) is 0 Å². The SMILES string of the molecule is CC.Cc1ccccc1Oc1ccccc1.[B]. The number of hydrogen-bond acceptors (Lipinski definition) is 1. The molecule has 0 spiro atoms. The number of aryl methyl sites for hydroxylation is 1. The molecule has 2 aromatic carbocycles. The Hall–Kier alpha value is -1.70. The first-order valence-electron chi connectivity index (χ1n) is 5.65. The standard InChI is InChI=1S/C13H12O.C2H6.B/c1-11-7-5-6-10-13(11)14-12-8-3-2-4-9-12;1-2;/h2-10H,1H3;1-2H3;. The highest BCUT2D eigenvalue weighted by Gasteiger charge is 1.98. The monoisotopic (exact) mass is 225 g/mol. The first-order valence-corrected chi connectivity index (χ1v) is 5.65. The summed E-state index contributed by atoms with van der Waals surface area (Å²) in [6, 6.07) is 17.8. The van der Waals surface area contributed by atoms with E-state index >= 15 is 0 Å². The molecule has 0 aromatic heterocycles. The van der Waals surface area contributed by atoms with E-state index in [-0.39, 0.29) is 8.41 Å². The zero-order valence-corrected chi connectivity index (χ0v) is 10.7. The molecule has 0 aliphatic rings. The predicted octanol–water partition coefficient (Wildman–Crippen LogP) is 4.43. The van der Waals surface area contributed by atoms with Crippen LogP contribution >= 0.6 is 0 Å². The third-order valence-electron chi connectivity index (χ3n) is 2.06. The Bertz CT molecular complexity index is 412. The number of hydrogen-bond donors (Lipinski definition) is 0. The Balaban J connectivity index is 0.000000811. The van der Waals surface area contributed by atoms with Gasteiger partial charge in [-0.05, 0) is 30.7 Å². The van der Waals surface area contributed by atoms with Crippen LogP contribution in [0.5, 0.6) is 11.5 Å². The van der Waals surface area contributed by atoms with Crippen LogP contribution in [0.4, 0.5) is 0 Å². The summed E-state index contributed by atoms with van der Waals surface area (Å²) < 4.78 is 5.71. The summed E-state index contributed by atoms with van der Waals surface area (Å²) in [5, 5.41) is 0. The van der Waals surface area contributed by atoms with E-state index in [2.05, 4.69) is 0 Å². The van der Waals surface area contributed by atoms with Crippen LogP contribution in [0.2, 0.25) is 0 Å². The van der Waals surface area contributed by atoms with Crippen LogP contribution in [0, 0.1) is 6.92 Å². The van der Waals surface area contributed by atoms with E-state index in [0.717, 1.165) is 17.1 Å². The fourth-order valence-electron chi connectivity index (χ4n) is 1.29. The predicted molar refractivity (Wildman–Crippen MR) is 74.8 cm³/mol. The molecule has 17 heavy (non-hydrogen) atoms.